The van der Waals surface area contributed by atoms with Gasteiger partial charge >= 0.3 is 0 Å². The zero-order valence-corrected chi connectivity index (χ0v) is 13.4. The third-order valence-electron chi connectivity index (χ3n) is 3.69. The van der Waals surface area contributed by atoms with Gasteiger partial charge in [0.15, 0.2) is 0 Å². The topological polar surface area (TPSA) is 42.4 Å². The number of benzene rings is 2. The highest BCUT2D eigenvalue weighted by Gasteiger charge is 2.21. The smallest absolute Gasteiger partial charge is 0.263 e. The number of rotatable bonds is 5. The van der Waals surface area contributed by atoms with Crippen molar-refractivity contribution in [3.63, 3.8) is 0 Å². The summed E-state index contributed by atoms with van der Waals surface area (Å²) in [5.41, 5.74) is 1.55. The van der Waals surface area contributed by atoms with Crippen LogP contribution in [0.15, 0.2) is 79.0 Å². The Bertz CT molecular complexity index is 804. The van der Waals surface area contributed by atoms with Crippen molar-refractivity contribution in [2.24, 2.45) is 0 Å². The summed E-state index contributed by atoms with van der Waals surface area (Å²) in [5.74, 6) is 1.02. The predicted octanol–water partition coefficient (Wildman–Crippen LogP) is 3.94. The van der Waals surface area contributed by atoms with Gasteiger partial charge in [0.1, 0.15) is 11.6 Å². The lowest BCUT2D eigenvalue weighted by molar-refractivity contribution is 0.0981. The summed E-state index contributed by atoms with van der Waals surface area (Å²) in [4.78, 5) is 19.1. The van der Waals surface area contributed by atoms with E-state index in [1.807, 2.05) is 60.7 Å². The number of pyridine rings is 1. The first-order valence-corrected chi connectivity index (χ1v) is 7.69. The number of anilines is 1. The molecule has 120 valence electrons. The number of hydrogen-bond acceptors (Lipinski definition) is 3. The summed E-state index contributed by atoms with van der Waals surface area (Å²) in [6.45, 7) is 0.439. The fourth-order valence-electron chi connectivity index (χ4n) is 2.50. The van der Waals surface area contributed by atoms with Crippen molar-refractivity contribution in [3.05, 3.63) is 90.1 Å². The van der Waals surface area contributed by atoms with Gasteiger partial charge < -0.3 is 4.74 Å². The Balaban J connectivity index is 1.99. The lowest BCUT2D eigenvalue weighted by Crippen LogP contribution is -2.31. The summed E-state index contributed by atoms with van der Waals surface area (Å²) in [5, 5.41) is 0. The molecule has 0 atom stereocenters. The Morgan fingerprint density at radius 3 is 2.38 bits per heavy atom. The van der Waals surface area contributed by atoms with Crippen LogP contribution in [0.4, 0.5) is 5.82 Å². The highest BCUT2D eigenvalue weighted by molar-refractivity contribution is 6.07. The molecule has 0 saturated heterocycles. The molecule has 1 amide bonds. The first-order valence-electron chi connectivity index (χ1n) is 7.69. The fraction of sp³-hybridized carbons (Fsp3) is 0.100. The van der Waals surface area contributed by atoms with Crippen LogP contribution in [0.2, 0.25) is 0 Å². The van der Waals surface area contributed by atoms with E-state index in [9.17, 15) is 4.79 Å². The highest BCUT2D eigenvalue weighted by Crippen LogP contribution is 2.23. The lowest BCUT2D eigenvalue weighted by Gasteiger charge is -2.23. The molecule has 0 aliphatic heterocycles. The van der Waals surface area contributed by atoms with Crippen molar-refractivity contribution in [2.45, 2.75) is 6.54 Å². The second kappa shape index (κ2) is 7.42. The van der Waals surface area contributed by atoms with E-state index < -0.39 is 0 Å². The van der Waals surface area contributed by atoms with Gasteiger partial charge in [-0.3, -0.25) is 9.69 Å². The molecule has 0 bridgehead atoms. The third kappa shape index (κ3) is 3.43. The van der Waals surface area contributed by atoms with Gasteiger partial charge in [-0.2, -0.15) is 0 Å². The minimum absolute atomic E-state index is 0.144. The van der Waals surface area contributed by atoms with Crippen LogP contribution in [0, 0.1) is 0 Å². The van der Waals surface area contributed by atoms with Gasteiger partial charge in [0.05, 0.1) is 19.2 Å². The van der Waals surface area contributed by atoms with E-state index in [2.05, 4.69) is 4.98 Å². The molecule has 4 nitrogen and oxygen atoms in total. The van der Waals surface area contributed by atoms with E-state index >= 15 is 0 Å². The van der Waals surface area contributed by atoms with Crippen LogP contribution in [-0.2, 0) is 6.54 Å². The van der Waals surface area contributed by atoms with Crippen LogP contribution >= 0.6 is 0 Å². The van der Waals surface area contributed by atoms with E-state index in [1.54, 1.807) is 30.3 Å². The maximum absolute atomic E-state index is 13.1. The Kier molecular flexibility index (Phi) is 4.87. The van der Waals surface area contributed by atoms with Gasteiger partial charge in [0.2, 0.25) is 0 Å². The summed E-state index contributed by atoms with van der Waals surface area (Å²) in [7, 11) is 1.56. The Morgan fingerprint density at radius 1 is 0.958 bits per heavy atom. The minimum atomic E-state index is -0.144. The molecule has 0 fully saturated rings. The molecule has 3 rings (SSSR count). The van der Waals surface area contributed by atoms with Crippen LogP contribution in [0.3, 0.4) is 0 Å². The van der Waals surface area contributed by atoms with Gasteiger partial charge in [0.25, 0.3) is 5.91 Å². The largest absolute Gasteiger partial charge is 0.496 e. The van der Waals surface area contributed by atoms with E-state index in [-0.39, 0.29) is 5.91 Å². The molecule has 0 spiro atoms. The highest BCUT2D eigenvalue weighted by atomic mass is 16.5. The molecule has 1 aromatic heterocycles. The molecule has 0 aliphatic carbocycles. The Labute approximate surface area is 141 Å². The maximum Gasteiger partial charge on any atom is 0.263 e. The zero-order chi connectivity index (χ0) is 16.8. The van der Waals surface area contributed by atoms with Crippen molar-refractivity contribution in [1.29, 1.82) is 0 Å². The molecular formula is C20H18N2O2. The summed E-state index contributed by atoms with van der Waals surface area (Å²) in [6, 6.07) is 22.6. The number of methoxy groups -OCH3 is 1. The Hall–Kier alpha value is -3.14. The first kappa shape index (κ1) is 15.7. The number of amides is 1. The summed E-state index contributed by atoms with van der Waals surface area (Å²) in [6.07, 6.45) is 1.68. The number of hydrogen-bond donors (Lipinski definition) is 0. The normalized spacial score (nSPS) is 10.2. The molecule has 1 heterocycles. The number of para-hydroxylation sites is 1. The van der Waals surface area contributed by atoms with Gasteiger partial charge in [0, 0.05) is 6.20 Å². The molecule has 0 N–H and O–H groups in total. The molecular weight excluding hydrogens is 300 g/mol. The summed E-state index contributed by atoms with van der Waals surface area (Å²) >= 11 is 0. The van der Waals surface area contributed by atoms with E-state index in [4.69, 9.17) is 4.74 Å². The third-order valence-corrected chi connectivity index (χ3v) is 3.69. The van der Waals surface area contributed by atoms with Gasteiger partial charge in [-0.15, -0.1) is 0 Å². The zero-order valence-electron chi connectivity index (χ0n) is 13.4. The van der Waals surface area contributed by atoms with E-state index in [1.165, 1.54) is 0 Å². The van der Waals surface area contributed by atoms with Crippen LogP contribution < -0.4 is 9.64 Å². The van der Waals surface area contributed by atoms with E-state index in [0.717, 1.165) is 5.56 Å². The maximum atomic E-state index is 13.1. The summed E-state index contributed by atoms with van der Waals surface area (Å²) < 4.78 is 5.33. The monoisotopic (exact) mass is 318 g/mol. The van der Waals surface area contributed by atoms with Gasteiger partial charge in [-0.25, -0.2) is 4.98 Å². The van der Waals surface area contributed by atoms with Crippen molar-refractivity contribution in [1.82, 2.24) is 4.98 Å². The van der Waals surface area contributed by atoms with Crippen LogP contribution in [0.25, 0.3) is 0 Å². The second-order valence-electron chi connectivity index (χ2n) is 5.27. The molecule has 0 aliphatic rings. The number of carbonyl (C=O) groups excluding carboxylic acids is 1. The fourth-order valence-corrected chi connectivity index (χ4v) is 2.50. The van der Waals surface area contributed by atoms with Crippen molar-refractivity contribution in [3.8, 4) is 5.75 Å². The van der Waals surface area contributed by atoms with Gasteiger partial charge in [-0.1, -0.05) is 48.5 Å². The number of nitrogens with zero attached hydrogens (tertiary/aromatic N) is 2. The molecule has 0 saturated carbocycles. The van der Waals surface area contributed by atoms with Crippen molar-refractivity contribution in [2.75, 3.05) is 12.0 Å². The molecule has 3 aromatic rings. The van der Waals surface area contributed by atoms with Crippen LogP contribution in [0.1, 0.15) is 15.9 Å². The number of ether oxygens (including phenoxy) is 1. The van der Waals surface area contributed by atoms with Crippen molar-refractivity contribution >= 4 is 11.7 Å². The minimum Gasteiger partial charge on any atom is -0.496 e. The average Bonchev–Trinajstić information content (AvgIpc) is 2.67. The Morgan fingerprint density at radius 2 is 1.67 bits per heavy atom. The molecule has 0 radical (unpaired) electrons. The predicted molar refractivity (Wildman–Crippen MR) is 94.2 cm³/mol. The van der Waals surface area contributed by atoms with E-state index in [0.29, 0.717) is 23.7 Å². The average molecular weight is 318 g/mol. The molecule has 4 heteroatoms. The lowest BCUT2D eigenvalue weighted by atomic mass is 10.1. The molecule has 2 aromatic carbocycles. The quantitative estimate of drug-likeness (QED) is 0.715. The number of carbonyl (C=O) groups is 1. The van der Waals surface area contributed by atoms with Crippen LogP contribution in [0.5, 0.6) is 5.75 Å². The van der Waals surface area contributed by atoms with Crippen LogP contribution in [-0.4, -0.2) is 18.0 Å². The molecule has 0 unspecified atom stereocenters. The SMILES string of the molecule is COc1ccccc1C(=O)N(Cc1ccccc1)c1ccccn1. The van der Waals surface area contributed by atoms with Crippen molar-refractivity contribution < 1.29 is 9.53 Å². The second-order valence-corrected chi connectivity index (χ2v) is 5.27. The van der Waals surface area contributed by atoms with Gasteiger partial charge in [-0.05, 0) is 29.8 Å². The molecule has 24 heavy (non-hydrogen) atoms. The number of aromatic nitrogens is 1. The first-order chi connectivity index (χ1) is 11.8. The standard InChI is InChI=1S/C20H18N2O2/c1-24-18-12-6-5-11-17(18)20(23)22(19-13-7-8-14-21-19)15-16-9-3-2-4-10-16/h2-14H,15H2,1H3.